The van der Waals surface area contributed by atoms with Crippen LogP contribution in [0, 0.1) is 0 Å². The van der Waals surface area contributed by atoms with Crippen LogP contribution in [0.3, 0.4) is 0 Å². The van der Waals surface area contributed by atoms with Crippen LogP contribution in [0.2, 0.25) is 0 Å². The molecule has 5 heteroatoms. The van der Waals surface area contributed by atoms with Crippen molar-refractivity contribution < 1.29 is 23.8 Å². The fraction of sp³-hybridized carbons (Fsp3) is 0.0909. The lowest BCUT2D eigenvalue weighted by molar-refractivity contribution is -0.147. The summed E-state index contributed by atoms with van der Waals surface area (Å²) in [6, 6.07) is 23.8. The van der Waals surface area contributed by atoms with Crippen LogP contribution in [0.5, 0.6) is 17.2 Å². The lowest BCUT2D eigenvalue weighted by atomic mass is 9.99. The fourth-order valence-corrected chi connectivity index (χ4v) is 2.49. The monoisotopic (exact) mass is 362 g/mol. The molecule has 5 nitrogen and oxygen atoms in total. The van der Waals surface area contributed by atoms with E-state index in [1.54, 1.807) is 79.9 Å². The van der Waals surface area contributed by atoms with Crippen molar-refractivity contribution in [2.24, 2.45) is 0 Å². The molecule has 0 aliphatic rings. The molecule has 3 aromatic carbocycles. The van der Waals surface area contributed by atoms with Gasteiger partial charge in [-0.25, -0.2) is 0 Å². The van der Waals surface area contributed by atoms with Gasteiger partial charge < -0.3 is 14.2 Å². The Hall–Kier alpha value is -3.60. The molecule has 0 amide bonds. The molecule has 0 aliphatic carbocycles. The highest BCUT2D eigenvalue weighted by Gasteiger charge is 2.32. The molecule has 3 aromatic rings. The number of ether oxygens (including phenoxy) is 3. The van der Waals surface area contributed by atoms with Gasteiger partial charge in [-0.15, -0.1) is 0 Å². The van der Waals surface area contributed by atoms with Crippen molar-refractivity contribution >= 4 is 11.9 Å². The predicted octanol–water partition coefficient (Wildman–Crippen LogP) is 3.99. The summed E-state index contributed by atoms with van der Waals surface area (Å²) in [6.07, 6.45) is 0. The van der Waals surface area contributed by atoms with Crippen LogP contribution in [0.4, 0.5) is 0 Å². The SMILES string of the molecule is COc1ccc(C(C(=O)Oc2ccccc2)C(=O)Oc2ccccc2)cc1. The Morgan fingerprint density at radius 1 is 0.630 bits per heavy atom. The number of methoxy groups -OCH3 is 1. The zero-order valence-electron chi connectivity index (χ0n) is 14.7. The van der Waals surface area contributed by atoms with Crippen LogP contribution < -0.4 is 14.2 Å². The molecule has 0 fully saturated rings. The van der Waals surface area contributed by atoms with Crippen molar-refractivity contribution in [2.45, 2.75) is 5.92 Å². The van der Waals surface area contributed by atoms with E-state index in [1.807, 2.05) is 12.1 Å². The van der Waals surface area contributed by atoms with E-state index in [9.17, 15) is 9.59 Å². The minimum Gasteiger partial charge on any atom is -0.497 e. The minimum atomic E-state index is -1.23. The van der Waals surface area contributed by atoms with Crippen LogP contribution >= 0.6 is 0 Å². The fourth-order valence-electron chi connectivity index (χ4n) is 2.49. The number of rotatable bonds is 6. The second-order valence-corrected chi connectivity index (χ2v) is 5.67. The zero-order valence-corrected chi connectivity index (χ0v) is 14.7. The lowest BCUT2D eigenvalue weighted by Crippen LogP contribution is -2.29. The van der Waals surface area contributed by atoms with E-state index in [-0.39, 0.29) is 0 Å². The van der Waals surface area contributed by atoms with Gasteiger partial charge in [-0.05, 0) is 42.0 Å². The van der Waals surface area contributed by atoms with Crippen LogP contribution in [-0.4, -0.2) is 19.0 Å². The number of carbonyl (C=O) groups is 2. The summed E-state index contributed by atoms with van der Waals surface area (Å²) in [6.45, 7) is 0. The number of hydrogen-bond acceptors (Lipinski definition) is 5. The van der Waals surface area contributed by atoms with Gasteiger partial charge in [0.15, 0.2) is 5.92 Å². The number of esters is 2. The number of benzene rings is 3. The van der Waals surface area contributed by atoms with Crippen molar-refractivity contribution in [2.75, 3.05) is 7.11 Å². The average molecular weight is 362 g/mol. The summed E-state index contributed by atoms with van der Waals surface area (Å²) in [7, 11) is 1.54. The smallest absolute Gasteiger partial charge is 0.330 e. The Bertz CT molecular complexity index is 836. The zero-order chi connectivity index (χ0) is 19.1. The van der Waals surface area contributed by atoms with Gasteiger partial charge in [0.25, 0.3) is 0 Å². The quantitative estimate of drug-likeness (QED) is 0.377. The lowest BCUT2D eigenvalue weighted by Gasteiger charge is -2.16. The van der Waals surface area contributed by atoms with E-state index >= 15 is 0 Å². The first-order chi connectivity index (χ1) is 13.2. The maximum absolute atomic E-state index is 12.7. The van der Waals surface area contributed by atoms with Gasteiger partial charge in [0.1, 0.15) is 17.2 Å². The molecule has 0 N–H and O–H groups in total. The topological polar surface area (TPSA) is 61.8 Å². The summed E-state index contributed by atoms with van der Waals surface area (Å²) < 4.78 is 15.9. The van der Waals surface area contributed by atoms with Crippen LogP contribution in [0.1, 0.15) is 11.5 Å². The molecule has 0 aromatic heterocycles. The second-order valence-electron chi connectivity index (χ2n) is 5.67. The summed E-state index contributed by atoms with van der Waals surface area (Å²) in [5, 5.41) is 0. The molecule has 0 radical (unpaired) electrons. The Balaban J connectivity index is 1.87. The van der Waals surface area contributed by atoms with E-state index in [4.69, 9.17) is 14.2 Å². The van der Waals surface area contributed by atoms with Crippen molar-refractivity contribution in [1.82, 2.24) is 0 Å². The highest BCUT2D eigenvalue weighted by molar-refractivity contribution is 6.02. The molecular weight excluding hydrogens is 344 g/mol. The maximum Gasteiger partial charge on any atom is 0.330 e. The molecule has 0 atom stereocenters. The predicted molar refractivity (Wildman–Crippen MR) is 99.9 cm³/mol. The second kappa shape index (κ2) is 8.67. The molecule has 0 aliphatic heterocycles. The van der Waals surface area contributed by atoms with Crippen LogP contribution in [-0.2, 0) is 9.59 Å². The Morgan fingerprint density at radius 2 is 1.07 bits per heavy atom. The molecule has 0 unspecified atom stereocenters. The van der Waals surface area contributed by atoms with Gasteiger partial charge in [-0.2, -0.15) is 0 Å². The van der Waals surface area contributed by atoms with E-state index in [0.717, 1.165) is 0 Å². The highest BCUT2D eigenvalue weighted by Crippen LogP contribution is 2.25. The minimum absolute atomic E-state index is 0.355. The van der Waals surface area contributed by atoms with Gasteiger partial charge in [0.05, 0.1) is 7.11 Å². The van der Waals surface area contributed by atoms with E-state index in [1.165, 1.54) is 0 Å². The molecule has 3 rings (SSSR count). The van der Waals surface area contributed by atoms with Crippen LogP contribution in [0.15, 0.2) is 84.9 Å². The molecule has 0 bridgehead atoms. The molecule has 136 valence electrons. The van der Waals surface area contributed by atoms with E-state index in [2.05, 4.69) is 0 Å². The van der Waals surface area contributed by atoms with Crippen LogP contribution in [0.25, 0.3) is 0 Å². The maximum atomic E-state index is 12.7. The van der Waals surface area contributed by atoms with Gasteiger partial charge >= 0.3 is 11.9 Å². The third-order valence-electron chi connectivity index (χ3n) is 3.84. The first kappa shape index (κ1) is 18.2. The summed E-state index contributed by atoms with van der Waals surface area (Å²) >= 11 is 0. The van der Waals surface area contributed by atoms with Crippen molar-refractivity contribution in [3.05, 3.63) is 90.5 Å². The van der Waals surface area contributed by atoms with E-state index < -0.39 is 17.9 Å². The van der Waals surface area contributed by atoms with Crippen molar-refractivity contribution in [3.8, 4) is 17.2 Å². The Kier molecular flexibility index (Phi) is 5.84. The largest absolute Gasteiger partial charge is 0.497 e. The molecule has 0 heterocycles. The van der Waals surface area contributed by atoms with Gasteiger partial charge in [0, 0.05) is 0 Å². The Morgan fingerprint density at radius 3 is 1.48 bits per heavy atom. The Labute approximate surface area is 157 Å². The summed E-state index contributed by atoms with van der Waals surface area (Å²) in [5.74, 6) is -1.33. The van der Waals surface area contributed by atoms with Gasteiger partial charge in [-0.3, -0.25) is 9.59 Å². The number of hydrogen-bond donors (Lipinski definition) is 0. The molecule has 0 spiro atoms. The van der Waals surface area contributed by atoms with Crippen molar-refractivity contribution in [1.29, 1.82) is 0 Å². The van der Waals surface area contributed by atoms with Gasteiger partial charge in [0.2, 0.25) is 0 Å². The first-order valence-electron chi connectivity index (χ1n) is 8.35. The summed E-state index contributed by atoms with van der Waals surface area (Å²) in [4.78, 5) is 25.5. The summed E-state index contributed by atoms with van der Waals surface area (Å²) in [5.41, 5.74) is 0.456. The van der Waals surface area contributed by atoms with Crippen molar-refractivity contribution in [3.63, 3.8) is 0 Å². The molecule has 0 saturated carbocycles. The third kappa shape index (κ3) is 4.73. The standard InChI is InChI=1S/C22H18O5/c1-25-17-14-12-16(13-15-17)20(21(23)26-18-8-4-2-5-9-18)22(24)27-19-10-6-3-7-11-19/h2-15,20H,1H3. The number of para-hydroxylation sites is 2. The molecule has 0 saturated heterocycles. The molecule has 27 heavy (non-hydrogen) atoms. The third-order valence-corrected chi connectivity index (χ3v) is 3.84. The average Bonchev–Trinajstić information content (AvgIpc) is 2.70. The first-order valence-corrected chi connectivity index (χ1v) is 8.35. The van der Waals surface area contributed by atoms with Gasteiger partial charge in [-0.1, -0.05) is 48.5 Å². The normalized spacial score (nSPS) is 10.3. The number of carbonyl (C=O) groups excluding carboxylic acids is 2. The molecular formula is C22H18O5. The highest BCUT2D eigenvalue weighted by atomic mass is 16.6. The van der Waals surface area contributed by atoms with E-state index in [0.29, 0.717) is 22.8 Å².